The van der Waals surface area contributed by atoms with Gasteiger partial charge in [0.15, 0.2) is 5.76 Å². The standard InChI is InChI=1S/C9H10ClNO2/c10-4-7-5-11(6-7)9(12)8-2-1-3-13-8/h1-3,7H,4-6H2. The van der Waals surface area contributed by atoms with Crippen LogP contribution in [0.2, 0.25) is 0 Å². The van der Waals surface area contributed by atoms with Crippen LogP contribution in [0.3, 0.4) is 0 Å². The fourth-order valence-electron chi connectivity index (χ4n) is 1.39. The maximum Gasteiger partial charge on any atom is 0.289 e. The van der Waals surface area contributed by atoms with Crippen molar-refractivity contribution < 1.29 is 9.21 Å². The molecule has 4 heteroatoms. The van der Waals surface area contributed by atoms with Crippen molar-refractivity contribution in [2.24, 2.45) is 5.92 Å². The van der Waals surface area contributed by atoms with Gasteiger partial charge in [0.05, 0.1) is 6.26 Å². The van der Waals surface area contributed by atoms with Gasteiger partial charge < -0.3 is 9.32 Å². The van der Waals surface area contributed by atoms with E-state index in [0.717, 1.165) is 13.1 Å². The first kappa shape index (κ1) is 8.63. The molecule has 3 nitrogen and oxygen atoms in total. The van der Waals surface area contributed by atoms with Gasteiger partial charge in [-0.1, -0.05) is 0 Å². The Morgan fingerprint density at radius 1 is 1.69 bits per heavy atom. The molecule has 2 rings (SSSR count). The lowest BCUT2D eigenvalue weighted by Crippen LogP contribution is -2.50. The minimum absolute atomic E-state index is 0.0358. The molecule has 0 radical (unpaired) electrons. The second kappa shape index (κ2) is 3.42. The minimum Gasteiger partial charge on any atom is -0.459 e. The van der Waals surface area contributed by atoms with Gasteiger partial charge in [0.2, 0.25) is 0 Å². The average Bonchev–Trinajstić information content (AvgIpc) is 2.53. The van der Waals surface area contributed by atoms with Crippen LogP contribution in [-0.2, 0) is 0 Å². The molecule has 0 spiro atoms. The highest BCUT2D eigenvalue weighted by Gasteiger charge is 2.31. The van der Waals surface area contributed by atoms with Crippen LogP contribution >= 0.6 is 11.6 Å². The van der Waals surface area contributed by atoms with Crippen LogP contribution in [0.25, 0.3) is 0 Å². The summed E-state index contributed by atoms with van der Waals surface area (Å²) in [6, 6.07) is 3.39. The van der Waals surface area contributed by atoms with E-state index in [0.29, 0.717) is 17.6 Å². The number of hydrogen-bond acceptors (Lipinski definition) is 2. The van der Waals surface area contributed by atoms with E-state index in [9.17, 15) is 4.79 Å². The first-order valence-electron chi connectivity index (χ1n) is 4.20. The van der Waals surface area contributed by atoms with Crippen molar-refractivity contribution in [1.29, 1.82) is 0 Å². The summed E-state index contributed by atoms with van der Waals surface area (Å²) in [7, 11) is 0. The molecule has 0 bridgehead atoms. The summed E-state index contributed by atoms with van der Waals surface area (Å²) in [5.41, 5.74) is 0. The number of hydrogen-bond donors (Lipinski definition) is 0. The summed E-state index contributed by atoms with van der Waals surface area (Å²) in [4.78, 5) is 13.3. The Bertz CT molecular complexity index is 291. The van der Waals surface area contributed by atoms with Gasteiger partial charge in [-0.3, -0.25) is 4.79 Å². The van der Waals surface area contributed by atoms with Crippen LogP contribution < -0.4 is 0 Å². The van der Waals surface area contributed by atoms with Crippen molar-refractivity contribution in [2.75, 3.05) is 19.0 Å². The van der Waals surface area contributed by atoms with Crippen molar-refractivity contribution in [1.82, 2.24) is 4.90 Å². The monoisotopic (exact) mass is 199 g/mol. The van der Waals surface area contributed by atoms with Gasteiger partial charge in [0.25, 0.3) is 5.91 Å². The van der Waals surface area contributed by atoms with Crippen molar-refractivity contribution in [2.45, 2.75) is 0 Å². The number of rotatable bonds is 2. The van der Waals surface area contributed by atoms with Crippen LogP contribution in [0.15, 0.2) is 22.8 Å². The molecule has 70 valence electrons. The molecule has 13 heavy (non-hydrogen) atoms. The summed E-state index contributed by atoms with van der Waals surface area (Å²) < 4.78 is 5.00. The van der Waals surface area contributed by atoms with Gasteiger partial charge in [-0.15, -0.1) is 11.6 Å². The highest BCUT2D eigenvalue weighted by Crippen LogP contribution is 2.19. The van der Waals surface area contributed by atoms with Gasteiger partial charge in [-0.05, 0) is 12.1 Å². The topological polar surface area (TPSA) is 33.5 Å². The molecule has 1 amide bonds. The Hall–Kier alpha value is -0.960. The molecule has 1 saturated heterocycles. The normalized spacial score (nSPS) is 17.2. The summed E-state index contributed by atoms with van der Waals surface area (Å²) in [6.07, 6.45) is 1.51. The number of carbonyl (C=O) groups is 1. The van der Waals surface area contributed by atoms with Crippen LogP contribution in [-0.4, -0.2) is 29.8 Å². The van der Waals surface area contributed by atoms with Crippen molar-refractivity contribution >= 4 is 17.5 Å². The highest BCUT2D eigenvalue weighted by atomic mass is 35.5. The van der Waals surface area contributed by atoms with Gasteiger partial charge in [-0.25, -0.2) is 0 Å². The molecular weight excluding hydrogens is 190 g/mol. The van der Waals surface area contributed by atoms with Crippen molar-refractivity contribution in [3.05, 3.63) is 24.2 Å². The predicted octanol–water partition coefficient (Wildman–Crippen LogP) is 1.59. The first-order chi connectivity index (χ1) is 6.31. The summed E-state index contributed by atoms with van der Waals surface area (Å²) >= 11 is 5.64. The Labute approximate surface area is 81.3 Å². The minimum atomic E-state index is -0.0358. The number of alkyl halides is 1. The molecule has 0 aromatic carbocycles. The van der Waals surface area contributed by atoms with Crippen LogP contribution in [0.1, 0.15) is 10.6 Å². The van der Waals surface area contributed by atoms with Crippen LogP contribution in [0.4, 0.5) is 0 Å². The fraction of sp³-hybridized carbons (Fsp3) is 0.444. The second-order valence-corrected chi connectivity index (χ2v) is 3.52. The number of furan rings is 1. The van der Waals surface area contributed by atoms with Gasteiger partial charge >= 0.3 is 0 Å². The number of nitrogens with zero attached hydrogens (tertiary/aromatic N) is 1. The van der Waals surface area contributed by atoms with E-state index >= 15 is 0 Å². The molecule has 1 aromatic rings. The lowest BCUT2D eigenvalue weighted by molar-refractivity contribution is 0.0503. The number of amides is 1. The Morgan fingerprint density at radius 2 is 2.46 bits per heavy atom. The SMILES string of the molecule is O=C(c1ccco1)N1CC(CCl)C1. The molecule has 1 aliphatic heterocycles. The van der Waals surface area contributed by atoms with E-state index < -0.39 is 0 Å². The Morgan fingerprint density at radius 3 is 3.00 bits per heavy atom. The van der Waals surface area contributed by atoms with Gasteiger partial charge in [0.1, 0.15) is 0 Å². The summed E-state index contributed by atoms with van der Waals surface area (Å²) in [5, 5.41) is 0. The zero-order chi connectivity index (χ0) is 9.26. The lowest BCUT2D eigenvalue weighted by atomic mass is 10.0. The van der Waals surface area contributed by atoms with Crippen LogP contribution in [0, 0.1) is 5.92 Å². The average molecular weight is 200 g/mol. The number of likely N-dealkylation sites (tertiary alicyclic amines) is 1. The van der Waals surface area contributed by atoms with E-state index in [4.69, 9.17) is 16.0 Å². The Kier molecular flexibility index (Phi) is 2.27. The third kappa shape index (κ3) is 1.56. The molecule has 0 unspecified atom stereocenters. The molecule has 0 N–H and O–H groups in total. The zero-order valence-corrected chi connectivity index (χ0v) is 7.83. The third-order valence-electron chi connectivity index (χ3n) is 2.19. The molecule has 0 aliphatic carbocycles. The summed E-state index contributed by atoms with van der Waals surface area (Å²) in [5.74, 6) is 1.46. The van der Waals surface area contributed by atoms with Gasteiger partial charge in [-0.2, -0.15) is 0 Å². The third-order valence-corrected chi connectivity index (χ3v) is 2.63. The van der Waals surface area contributed by atoms with Crippen LogP contribution in [0.5, 0.6) is 0 Å². The van der Waals surface area contributed by atoms with E-state index in [1.54, 1.807) is 17.0 Å². The fourth-order valence-corrected chi connectivity index (χ4v) is 1.58. The molecule has 1 fully saturated rings. The van der Waals surface area contributed by atoms with E-state index in [1.807, 2.05) is 0 Å². The quantitative estimate of drug-likeness (QED) is 0.678. The van der Waals surface area contributed by atoms with E-state index in [2.05, 4.69) is 0 Å². The molecular formula is C9H10ClNO2. The molecule has 1 aliphatic rings. The second-order valence-electron chi connectivity index (χ2n) is 3.21. The summed E-state index contributed by atoms with van der Waals surface area (Å²) in [6.45, 7) is 1.51. The van der Waals surface area contributed by atoms with E-state index in [-0.39, 0.29) is 5.91 Å². The van der Waals surface area contributed by atoms with E-state index in [1.165, 1.54) is 6.26 Å². The molecule has 0 atom stereocenters. The largest absolute Gasteiger partial charge is 0.459 e. The number of carbonyl (C=O) groups excluding carboxylic acids is 1. The Balaban J connectivity index is 1.94. The van der Waals surface area contributed by atoms with Crippen molar-refractivity contribution in [3.63, 3.8) is 0 Å². The molecule has 0 saturated carbocycles. The lowest BCUT2D eigenvalue weighted by Gasteiger charge is -2.37. The first-order valence-corrected chi connectivity index (χ1v) is 4.73. The molecule has 1 aromatic heterocycles. The van der Waals surface area contributed by atoms with Gasteiger partial charge in [0, 0.05) is 24.9 Å². The maximum atomic E-state index is 11.5. The predicted molar refractivity (Wildman–Crippen MR) is 48.8 cm³/mol. The smallest absolute Gasteiger partial charge is 0.289 e. The zero-order valence-electron chi connectivity index (χ0n) is 7.07. The number of halogens is 1. The molecule has 2 heterocycles. The van der Waals surface area contributed by atoms with Crippen molar-refractivity contribution in [3.8, 4) is 0 Å². The maximum absolute atomic E-state index is 11.5. The highest BCUT2D eigenvalue weighted by molar-refractivity contribution is 6.18.